The van der Waals surface area contributed by atoms with Gasteiger partial charge in [0.05, 0.1) is 59.3 Å². The first-order chi connectivity index (χ1) is 20.6. The molecule has 1 atom stereocenters. The van der Waals surface area contributed by atoms with Crippen molar-refractivity contribution in [1.29, 1.82) is 0 Å². The van der Waals surface area contributed by atoms with Crippen molar-refractivity contribution >= 4 is 29.8 Å². The molecule has 18 nitrogen and oxygen atoms in total. The van der Waals surface area contributed by atoms with Crippen LogP contribution in [-0.2, 0) is 38.2 Å². The molecule has 9 N–H and O–H groups in total. The fraction of sp³-hybridized carbons (Fsp3) is 0.800. The van der Waals surface area contributed by atoms with Gasteiger partial charge in [0.1, 0.15) is 6.04 Å². The number of rotatable bonds is 31. The Morgan fingerprint density at radius 1 is 0.674 bits per heavy atom. The summed E-state index contributed by atoms with van der Waals surface area (Å²) in [4.78, 5) is 60.4. The lowest BCUT2D eigenvalue weighted by atomic mass is 10.1. The van der Waals surface area contributed by atoms with Gasteiger partial charge in [0.25, 0.3) is 0 Å². The first-order valence-electron chi connectivity index (χ1n) is 14.0. The van der Waals surface area contributed by atoms with Crippen LogP contribution in [0.3, 0.4) is 0 Å². The minimum atomic E-state index is -1.18. The summed E-state index contributed by atoms with van der Waals surface area (Å²) in [7, 11) is 0. The van der Waals surface area contributed by atoms with Gasteiger partial charge < -0.3 is 56.3 Å². The molecule has 0 spiro atoms. The number of carboxylic acids is 4. The Balaban J connectivity index is 4.81. The van der Waals surface area contributed by atoms with Crippen LogP contribution < -0.4 is 21.7 Å². The molecule has 0 aromatic heterocycles. The molecule has 0 aliphatic heterocycles. The van der Waals surface area contributed by atoms with Crippen LogP contribution in [0.2, 0.25) is 0 Å². The van der Waals surface area contributed by atoms with E-state index in [1.165, 1.54) is 4.90 Å². The lowest BCUT2D eigenvalue weighted by Gasteiger charge is -2.31. The van der Waals surface area contributed by atoms with Crippen LogP contribution in [0, 0.1) is 0 Å². The average Bonchev–Trinajstić information content (AvgIpc) is 2.93. The van der Waals surface area contributed by atoms with Gasteiger partial charge in [-0.1, -0.05) is 0 Å². The van der Waals surface area contributed by atoms with E-state index in [-0.39, 0.29) is 90.8 Å². The van der Waals surface area contributed by atoms with Crippen molar-refractivity contribution < 1.29 is 58.6 Å². The summed E-state index contributed by atoms with van der Waals surface area (Å²) in [6.07, 6.45) is -0.139. The highest BCUT2D eigenvalue weighted by Gasteiger charge is 2.26. The quantitative estimate of drug-likeness (QED) is 0.0346. The molecule has 0 radical (unpaired) electrons. The van der Waals surface area contributed by atoms with E-state index in [1.54, 1.807) is 4.90 Å². The van der Waals surface area contributed by atoms with Crippen molar-refractivity contribution in [3.05, 3.63) is 0 Å². The Kier molecular flexibility index (Phi) is 24.8. The number of hydrogen-bond donors (Lipinski definition) is 8. The molecule has 0 saturated heterocycles. The van der Waals surface area contributed by atoms with Gasteiger partial charge in [-0.25, -0.2) is 0 Å². The summed E-state index contributed by atoms with van der Waals surface area (Å²) in [5.74, 6) is -4.80. The number of carbonyl (C=O) groups is 5. The maximum Gasteiger partial charge on any atom is 0.320 e. The third-order valence-electron chi connectivity index (χ3n) is 5.74. The number of nitrogens with one attached hydrogen (secondary N) is 3. The molecule has 0 aliphatic rings. The molecule has 250 valence electrons. The molecule has 0 aromatic rings. The minimum Gasteiger partial charge on any atom is -0.480 e. The van der Waals surface area contributed by atoms with Crippen molar-refractivity contribution in [2.75, 3.05) is 112 Å². The molecular weight excluding hydrogens is 576 g/mol. The number of ether oxygens (including phenoxy) is 3. The second kappa shape index (κ2) is 26.6. The van der Waals surface area contributed by atoms with E-state index in [4.69, 9.17) is 30.2 Å². The smallest absolute Gasteiger partial charge is 0.320 e. The van der Waals surface area contributed by atoms with Crippen LogP contribution in [0.15, 0.2) is 0 Å². The Bertz CT molecular complexity index is 807. The second-order valence-electron chi connectivity index (χ2n) is 9.22. The molecule has 1 unspecified atom stereocenters. The van der Waals surface area contributed by atoms with Gasteiger partial charge in [-0.2, -0.15) is 0 Å². The van der Waals surface area contributed by atoms with E-state index >= 15 is 0 Å². The number of hydrogen-bond acceptors (Lipinski definition) is 13. The summed E-state index contributed by atoms with van der Waals surface area (Å²) in [6.45, 7) is 2.85. The van der Waals surface area contributed by atoms with Gasteiger partial charge in [-0.3, -0.25) is 33.8 Å². The van der Waals surface area contributed by atoms with Crippen molar-refractivity contribution in [1.82, 2.24) is 25.8 Å². The molecule has 0 aromatic carbocycles. The van der Waals surface area contributed by atoms with Crippen molar-refractivity contribution in [2.45, 2.75) is 18.9 Å². The Morgan fingerprint density at radius 2 is 1.23 bits per heavy atom. The number of nitrogens with zero attached hydrogens (tertiary/aromatic N) is 2. The first-order valence-corrected chi connectivity index (χ1v) is 14.0. The van der Waals surface area contributed by atoms with Crippen LogP contribution in [-0.4, -0.2) is 178 Å². The third kappa shape index (κ3) is 25.3. The van der Waals surface area contributed by atoms with Crippen LogP contribution in [0.25, 0.3) is 0 Å². The SMILES string of the molecule is NCCOCCOCCOCCNC(=O)CCC(C(=O)O)N(CCNCC(=O)O)CCN(CCNCC(=O)O)CC(=O)O. The molecular formula is C25H48N6O12. The lowest BCUT2D eigenvalue weighted by molar-refractivity contribution is -0.144. The molecule has 0 rings (SSSR count). The molecule has 0 saturated carbocycles. The fourth-order valence-corrected chi connectivity index (χ4v) is 3.71. The molecule has 0 bridgehead atoms. The molecule has 18 heteroatoms. The largest absolute Gasteiger partial charge is 0.480 e. The van der Waals surface area contributed by atoms with E-state index < -0.39 is 29.9 Å². The van der Waals surface area contributed by atoms with E-state index in [0.29, 0.717) is 39.6 Å². The van der Waals surface area contributed by atoms with E-state index in [0.717, 1.165) is 0 Å². The first kappa shape index (κ1) is 40.0. The minimum absolute atomic E-state index is 0.0415. The van der Waals surface area contributed by atoms with Crippen molar-refractivity contribution in [3.63, 3.8) is 0 Å². The molecule has 1 amide bonds. The Morgan fingerprint density at radius 3 is 1.77 bits per heavy atom. The zero-order chi connectivity index (χ0) is 32.3. The maximum absolute atomic E-state index is 12.3. The van der Waals surface area contributed by atoms with Gasteiger partial charge in [0.2, 0.25) is 5.91 Å². The topological polar surface area (TPSA) is 263 Å². The predicted molar refractivity (Wildman–Crippen MR) is 152 cm³/mol. The van der Waals surface area contributed by atoms with E-state index in [9.17, 15) is 34.2 Å². The summed E-state index contributed by atoms with van der Waals surface area (Å²) in [6, 6.07) is -1.10. The van der Waals surface area contributed by atoms with E-state index in [2.05, 4.69) is 16.0 Å². The summed E-state index contributed by atoms with van der Waals surface area (Å²) < 4.78 is 15.9. The van der Waals surface area contributed by atoms with Crippen LogP contribution in [0.1, 0.15) is 12.8 Å². The normalized spacial score (nSPS) is 12.0. The molecule has 0 aliphatic carbocycles. The van der Waals surface area contributed by atoms with Crippen molar-refractivity contribution in [3.8, 4) is 0 Å². The van der Waals surface area contributed by atoms with Gasteiger partial charge in [-0.05, 0) is 6.42 Å². The molecule has 0 fully saturated rings. The monoisotopic (exact) mass is 624 g/mol. The third-order valence-corrected chi connectivity index (χ3v) is 5.74. The number of amides is 1. The van der Waals surface area contributed by atoms with Gasteiger partial charge in [-0.15, -0.1) is 0 Å². The van der Waals surface area contributed by atoms with Crippen LogP contribution in [0.4, 0.5) is 0 Å². The maximum atomic E-state index is 12.3. The van der Waals surface area contributed by atoms with Gasteiger partial charge >= 0.3 is 23.9 Å². The summed E-state index contributed by atoms with van der Waals surface area (Å²) in [5.41, 5.74) is 5.31. The summed E-state index contributed by atoms with van der Waals surface area (Å²) in [5, 5.41) is 44.8. The second-order valence-corrected chi connectivity index (χ2v) is 9.22. The van der Waals surface area contributed by atoms with Gasteiger partial charge in [0, 0.05) is 58.8 Å². The lowest BCUT2D eigenvalue weighted by Crippen LogP contribution is -2.49. The van der Waals surface area contributed by atoms with E-state index in [1.807, 2.05) is 0 Å². The molecule has 43 heavy (non-hydrogen) atoms. The number of carbonyl (C=O) groups excluding carboxylic acids is 1. The number of aliphatic carboxylic acids is 4. The van der Waals surface area contributed by atoms with Crippen LogP contribution in [0.5, 0.6) is 0 Å². The Labute approximate surface area is 250 Å². The van der Waals surface area contributed by atoms with Gasteiger partial charge in [0.15, 0.2) is 0 Å². The fourth-order valence-electron chi connectivity index (χ4n) is 3.71. The van der Waals surface area contributed by atoms with Crippen molar-refractivity contribution in [2.24, 2.45) is 5.73 Å². The standard InChI is InChI=1S/C25H48N6O12/c26-3-11-41-13-15-43-16-14-42-12-6-29-21(32)2-1-20(25(39)40)31(8-5-28-18-23(35)36)10-9-30(19-24(37)38)7-4-27-17-22(33)34/h20,27-28H,1-19,26H2,(H,29,32)(H,33,34)(H,35,36)(H,37,38)(H,39,40). The number of nitrogens with two attached hydrogens (primary N) is 1. The molecule has 0 heterocycles. The highest BCUT2D eigenvalue weighted by Crippen LogP contribution is 2.09. The number of carboxylic acid groups (broad SMARTS) is 4. The predicted octanol–water partition coefficient (Wildman–Crippen LogP) is -3.62. The average molecular weight is 625 g/mol. The zero-order valence-corrected chi connectivity index (χ0v) is 24.5. The van der Waals surface area contributed by atoms with Crippen LogP contribution >= 0.6 is 0 Å². The zero-order valence-electron chi connectivity index (χ0n) is 24.5. The summed E-state index contributed by atoms with van der Waals surface area (Å²) >= 11 is 0. The highest BCUT2D eigenvalue weighted by atomic mass is 16.5. The Hall–Kier alpha value is -2.97. The highest BCUT2D eigenvalue weighted by molar-refractivity contribution is 5.78.